The number of benzene rings is 2. The van der Waals surface area contributed by atoms with Crippen molar-refractivity contribution in [2.24, 2.45) is 4.99 Å². The molecule has 0 saturated heterocycles. The van der Waals surface area contributed by atoms with Gasteiger partial charge in [0.1, 0.15) is 5.75 Å². The van der Waals surface area contributed by atoms with Crippen LogP contribution in [0.3, 0.4) is 0 Å². The van der Waals surface area contributed by atoms with Crippen molar-refractivity contribution < 1.29 is 19.8 Å². The van der Waals surface area contributed by atoms with Gasteiger partial charge in [-0.2, -0.15) is 4.73 Å². The van der Waals surface area contributed by atoms with Crippen molar-refractivity contribution in [1.82, 2.24) is 4.73 Å². The first-order valence-electron chi connectivity index (χ1n) is 9.98. The zero-order valence-corrected chi connectivity index (χ0v) is 16.7. The van der Waals surface area contributed by atoms with E-state index >= 15 is 0 Å². The Kier molecular flexibility index (Phi) is 7.66. The Labute approximate surface area is 175 Å². The van der Waals surface area contributed by atoms with Gasteiger partial charge in [-0.25, -0.2) is 0 Å². The largest absolute Gasteiger partial charge is 0.494 e. The number of carboxylic acid groups (broad SMARTS) is 1. The SMILES string of the molecule is O=C(O)C[C@H](Cc1ccc(OCCCN=c2ccccn2O)cc1)c1ccccc1. The summed E-state index contributed by atoms with van der Waals surface area (Å²) in [7, 11) is 0. The number of nitrogens with zero attached hydrogens (tertiary/aromatic N) is 2. The minimum atomic E-state index is -0.795. The fourth-order valence-electron chi connectivity index (χ4n) is 3.25. The molecule has 30 heavy (non-hydrogen) atoms. The van der Waals surface area contributed by atoms with Crippen LogP contribution in [0.5, 0.6) is 5.75 Å². The molecule has 3 aromatic rings. The molecule has 3 rings (SSSR count). The van der Waals surface area contributed by atoms with E-state index in [4.69, 9.17) is 4.74 Å². The third-order valence-electron chi connectivity index (χ3n) is 4.76. The molecule has 0 unspecified atom stereocenters. The highest BCUT2D eigenvalue weighted by molar-refractivity contribution is 5.68. The average molecular weight is 406 g/mol. The molecule has 0 bridgehead atoms. The Bertz CT molecular complexity index is 997. The van der Waals surface area contributed by atoms with E-state index in [-0.39, 0.29) is 12.3 Å². The van der Waals surface area contributed by atoms with Gasteiger partial charge in [-0.3, -0.25) is 9.79 Å². The highest BCUT2D eigenvalue weighted by atomic mass is 16.5. The Morgan fingerprint density at radius 2 is 1.73 bits per heavy atom. The number of aromatic nitrogens is 1. The summed E-state index contributed by atoms with van der Waals surface area (Å²) in [5.41, 5.74) is 2.62. The topological polar surface area (TPSA) is 84.0 Å². The standard InChI is InChI=1S/C24H26N2O4/c27-24(28)18-21(20-7-2-1-3-8-20)17-19-10-12-22(13-11-19)30-16-6-14-25-23-9-4-5-15-26(23)29/h1-5,7-13,15,21,29H,6,14,16-18H2,(H,27,28)/t21-/m0/s1. The minimum Gasteiger partial charge on any atom is -0.494 e. The molecule has 6 heteroatoms. The van der Waals surface area contributed by atoms with Gasteiger partial charge in [0.25, 0.3) is 0 Å². The second kappa shape index (κ2) is 10.9. The summed E-state index contributed by atoms with van der Waals surface area (Å²) in [6, 6.07) is 22.8. The lowest BCUT2D eigenvalue weighted by molar-refractivity contribution is -0.137. The van der Waals surface area contributed by atoms with E-state index < -0.39 is 5.97 Å². The van der Waals surface area contributed by atoms with E-state index in [2.05, 4.69) is 4.99 Å². The second-order valence-electron chi connectivity index (χ2n) is 7.04. The molecule has 0 amide bonds. The van der Waals surface area contributed by atoms with E-state index in [1.807, 2.05) is 60.7 Å². The quantitative estimate of drug-likeness (QED) is 0.395. The molecule has 156 valence electrons. The van der Waals surface area contributed by atoms with Gasteiger partial charge in [0.15, 0.2) is 5.49 Å². The van der Waals surface area contributed by atoms with Gasteiger partial charge in [0.05, 0.1) is 13.0 Å². The molecule has 0 radical (unpaired) electrons. The first-order valence-corrected chi connectivity index (χ1v) is 9.98. The molecule has 0 spiro atoms. The molecule has 2 aromatic carbocycles. The maximum absolute atomic E-state index is 11.3. The summed E-state index contributed by atoms with van der Waals surface area (Å²) < 4.78 is 6.75. The van der Waals surface area contributed by atoms with Gasteiger partial charge in [-0.1, -0.05) is 48.5 Å². The fourth-order valence-corrected chi connectivity index (χ4v) is 3.25. The molecular formula is C24H26N2O4. The predicted octanol–water partition coefficient (Wildman–Crippen LogP) is 3.90. The number of ether oxygens (including phenoxy) is 1. The van der Waals surface area contributed by atoms with Crippen molar-refractivity contribution in [1.29, 1.82) is 0 Å². The number of pyridine rings is 1. The molecule has 1 atom stereocenters. The van der Waals surface area contributed by atoms with Crippen LogP contribution in [0.1, 0.15) is 29.9 Å². The maximum atomic E-state index is 11.3. The van der Waals surface area contributed by atoms with E-state index in [9.17, 15) is 15.1 Å². The molecule has 0 fully saturated rings. The van der Waals surface area contributed by atoms with Gasteiger partial charge >= 0.3 is 5.97 Å². The molecule has 2 N–H and O–H groups in total. The van der Waals surface area contributed by atoms with Crippen LogP contribution < -0.4 is 10.2 Å². The van der Waals surface area contributed by atoms with Crippen LogP contribution in [0.15, 0.2) is 84.0 Å². The van der Waals surface area contributed by atoms with E-state index in [1.54, 1.807) is 12.1 Å². The van der Waals surface area contributed by atoms with Crippen LogP contribution in [-0.2, 0) is 11.2 Å². The molecule has 0 aliphatic carbocycles. The zero-order valence-electron chi connectivity index (χ0n) is 16.7. The molecular weight excluding hydrogens is 380 g/mol. The van der Waals surface area contributed by atoms with Gasteiger partial charge in [0.2, 0.25) is 0 Å². The van der Waals surface area contributed by atoms with E-state index in [1.165, 1.54) is 6.20 Å². The Morgan fingerprint density at radius 1 is 1.00 bits per heavy atom. The number of rotatable bonds is 10. The lowest BCUT2D eigenvalue weighted by Gasteiger charge is -2.16. The Morgan fingerprint density at radius 3 is 2.43 bits per heavy atom. The van der Waals surface area contributed by atoms with Crippen molar-refractivity contribution in [2.45, 2.75) is 25.2 Å². The van der Waals surface area contributed by atoms with Gasteiger partial charge < -0.3 is 15.1 Å². The number of carbonyl (C=O) groups is 1. The van der Waals surface area contributed by atoms with Crippen LogP contribution in [0.4, 0.5) is 0 Å². The van der Waals surface area contributed by atoms with E-state index in [0.717, 1.165) is 28.0 Å². The maximum Gasteiger partial charge on any atom is 0.303 e. The highest BCUT2D eigenvalue weighted by Gasteiger charge is 2.16. The van der Waals surface area contributed by atoms with Gasteiger partial charge in [-0.15, -0.1) is 0 Å². The van der Waals surface area contributed by atoms with Crippen molar-refractivity contribution in [2.75, 3.05) is 13.2 Å². The lowest BCUT2D eigenvalue weighted by Crippen LogP contribution is -2.17. The van der Waals surface area contributed by atoms with Crippen LogP contribution in [0.25, 0.3) is 0 Å². The Balaban J connectivity index is 1.51. The average Bonchev–Trinajstić information content (AvgIpc) is 2.76. The second-order valence-corrected chi connectivity index (χ2v) is 7.04. The summed E-state index contributed by atoms with van der Waals surface area (Å²) in [5.74, 6) is -0.0917. The van der Waals surface area contributed by atoms with Crippen LogP contribution in [0, 0.1) is 0 Å². The minimum absolute atomic E-state index is 0.0654. The van der Waals surface area contributed by atoms with E-state index in [0.29, 0.717) is 25.1 Å². The van der Waals surface area contributed by atoms with Crippen LogP contribution in [-0.4, -0.2) is 34.2 Å². The summed E-state index contributed by atoms with van der Waals surface area (Å²) in [6.45, 7) is 1.07. The molecule has 0 saturated carbocycles. The molecule has 1 aromatic heterocycles. The smallest absolute Gasteiger partial charge is 0.303 e. The van der Waals surface area contributed by atoms with Crippen LogP contribution in [0.2, 0.25) is 0 Å². The van der Waals surface area contributed by atoms with Crippen molar-refractivity contribution in [3.05, 3.63) is 95.6 Å². The zero-order chi connectivity index (χ0) is 21.2. The van der Waals surface area contributed by atoms with Gasteiger partial charge in [0, 0.05) is 19.2 Å². The first-order chi connectivity index (χ1) is 14.6. The lowest BCUT2D eigenvalue weighted by atomic mass is 9.89. The number of hydrogen-bond acceptors (Lipinski definition) is 4. The van der Waals surface area contributed by atoms with Gasteiger partial charge in [-0.05, 0) is 47.7 Å². The molecule has 6 nitrogen and oxygen atoms in total. The Hall–Kier alpha value is -3.54. The summed E-state index contributed by atoms with van der Waals surface area (Å²) in [5, 5.41) is 18.9. The summed E-state index contributed by atoms with van der Waals surface area (Å²) in [4.78, 5) is 15.6. The third-order valence-corrected chi connectivity index (χ3v) is 4.76. The summed E-state index contributed by atoms with van der Waals surface area (Å²) in [6.07, 6.45) is 3.02. The fraction of sp³-hybridized carbons (Fsp3) is 0.250. The number of aliphatic carboxylic acids is 1. The van der Waals surface area contributed by atoms with Crippen molar-refractivity contribution in [3.63, 3.8) is 0 Å². The predicted molar refractivity (Wildman–Crippen MR) is 114 cm³/mol. The molecule has 0 aliphatic rings. The van der Waals surface area contributed by atoms with Crippen LogP contribution >= 0.6 is 0 Å². The van der Waals surface area contributed by atoms with Crippen molar-refractivity contribution in [3.8, 4) is 5.75 Å². The number of hydrogen-bond donors (Lipinski definition) is 2. The molecule has 0 aliphatic heterocycles. The molecule has 1 heterocycles. The number of carboxylic acids is 1. The first kappa shape index (κ1) is 21.2. The monoisotopic (exact) mass is 406 g/mol. The third kappa shape index (κ3) is 6.51. The van der Waals surface area contributed by atoms with Crippen molar-refractivity contribution >= 4 is 5.97 Å². The highest BCUT2D eigenvalue weighted by Crippen LogP contribution is 2.25. The normalized spacial score (nSPS) is 12.5. The summed E-state index contributed by atoms with van der Waals surface area (Å²) >= 11 is 0.